The summed E-state index contributed by atoms with van der Waals surface area (Å²) in [5.74, 6) is 0.308. The van der Waals surface area contributed by atoms with Gasteiger partial charge in [0.25, 0.3) is 5.91 Å². The van der Waals surface area contributed by atoms with E-state index in [1.807, 2.05) is 13.0 Å². The standard InChI is InChI=1S/C27H29N5O6S/c1-4-35-22-14-18(10-11-21(22)37-13-12-28)15-29-32-23(33)16-38-20-9-7-6-8-19(20)25-24(26(34)36-5-2)17(3)30-27(39)31-25/h6-11,14-15,25H,4-5,13,16H2,1-3H3,(H,32,33)(H2,30,31,39)/t25-/m1/s1. The summed E-state index contributed by atoms with van der Waals surface area (Å²) >= 11 is 5.29. The smallest absolute Gasteiger partial charge is 0.338 e. The highest BCUT2D eigenvalue weighted by Crippen LogP contribution is 2.33. The number of benzene rings is 2. The fourth-order valence-electron chi connectivity index (χ4n) is 3.71. The number of allylic oxidation sites excluding steroid dienone is 1. The number of hydrogen-bond acceptors (Lipinski definition) is 9. The van der Waals surface area contributed by atoms with Gasteiger partial charge >= 0.3 is 5.97 Å². The van der Waals surface area contributed by atoms with Crippen LogP contribution in [0.15, 0.2) is 58.8 Å². The largest absolute Gasteiger partial charge is 0.490 e. The summed E-state index contributed by atoms with van der Waals surface area (Å²) in [6.07, 6.45) is 1.45. The molecule has 0 saturated carbocycles. The molecule has 0 saturated heterocycles. The fourth-order valence-corrected chi connectivity index (χ4v) is 3.98. The van der Waals surface area contributed by atoms with Crippen molar-refractivity contribution in [3.05, 3.63) is 64.9 Å². The third kappa shape index (κ3) is 7.93. The first-order chi connectivity index (χ1) is 18.9. The van der Waals surface area contributed by atoms with Crippen molar-refractivity contribution >= 4 is 35.4 Å². The van der Waals surface area contributed by atoms with Gasteiger partial charge in [-0.15, -0.1) is 0 Å². The molecule has 12 heteroatoms. The maximum atomic E-state index is 12.7. The zero-order chi connectivity index (χ0) is 28.2. The quantitative estimate of drug-likeness (QED) is 0.156. The van der Waals surface area contributed by atoms with Gasteiger partial charge in [0.15, 0.2) is 29.8 Å². The Hall–Kier alpha value is -4.63. The molecule has 1 aliphatic rings. The van der Waals surface area contributed by atoms with Crippen molar-refractivity contribution in [2.45, 2.75) is 26.8 Å². The number of hydrazone groups is 1. The molecule has 11 nitrogen and oxygen atoms in total. The van der Waals surface area contributed by atoms with Gasteiger partial charge in [-0.2, -0.15) is 10.4 Å². The van der Waals surface area contributed by atoms with Crippen LogP contribution in [0.25, 0.3) is 0 Å². The Kier molecular flexibility index (Phi) is 10.6. The Labute approximate surface area is 231 Å². The van der Waals surface area contributed by atoms with Gasteiger partial charge in [-0.1, -0.05) is 18.2 Å². The molecule has 39 heavy (non-hydrogen) atoms. The van der Waals surface area contributed by atoms with Gasteiger partial charge in [0.2, 0.25) is 0 Å². The fraction of sp³-hybridized carbons (Fsp3) is 0.296. The van der Waals surface area contributed by atoms with Crippen LogP contribution in [-0.4, -0.2) is 49.6 Å². The normalized spacial score (nSPS) is 14.6. The molecule has 2 aromatic rings. The number of ether oxygens (including phenoxy) is 4. The molecule has 3 rings (SSSR count). The van der Waals surface area contributed by atoms with E-state index in [1.54, 1.807) is 56.3 Å². The van der Waals surface area contributed by atoms with E-state index in [0.717, 1.165) is 0 Å². The predicted molar refractivity (Wildman–Crippen MR) is 147 cm³/mol. The molecule has 1 aliphatic heterocycles. The van der Waals surface area contributed by atoms with Gasteiger partial charge in [-0.25, -0.2) is 10.2 Å². The Morgan fingerprint density at radius 2 is 1.90 bits per heavy atom. The number of thiocarbonyl (C=S) groups is 1. The summed E-state index contributed by atoms with van der Waals surface area (Å²) in [6, 6.07) is 13.4. The number of para-hydroxylation sites is 1. The minimum Gasteiger partial charge on any atom is -0.490 e. The molecule has 2 aromatic carbocycles. The topological polar surface area (TPSA) is 143 Å². The molecular formula is C27H29N5O6S. The molecule has 0 aromatic heterocycles. The molecule has 0 unspecified atom stereocenters. The lowest BCUT2D eigenvalue weighted by Crippen LogP contribution is -2.45. The maximum Gasteiger partial charge on any atom is 0.338 e. The van der Waals surface area contributed by atoms with Crippen molar-refractivity contribution < 1.29 is 28.5 Å². The minimum absolute atomic E-state index is 0.104. The van der Waals surface area contributed by atoms with Gasteiger partial charge in [0.1, 0.15) is 11.8 Å². The number of carbonyl (C=O) groups excluding carboxylic acids is 2. The summed E-state index contributed by atoms with van der Waals surface area (Å²) in [6.45, 7) is 5.50. The Balaban J connectivity index is 1.67. The first kappa shape index (κ1) is 28.9. The number of carbonyl (C=O) groups is 2. The van der Waals surface area contributed by atoms with Crippen LogP contribution < -0.4 is 30.3 Å². The van der Waals surface area contributed by atoms with E-state index in [-0.39, 0.29) is 19.8 Å². The van der Waals surface area contributed by atoms with Gasteiger partial charge in [0, 0.05) is 11.3 Å². The third-order valence-electron chi connectivity index (χ3n) is 5.32. The average Bonchev–Trinajstić information content (AvgIpc) is 2.91. The lowest BCUT2D eigenvalue weighted by atomic mass is 9.95. The van der Waals surface area contributed by atoms with Crippen molar-refractivity contribution in [2.24, 2.45) is 5.10 Å². The van der Waals surface area contributed by atoms with E-state index < -0.39 is 17.9 Å². The van der Waals surface area contributed by atoms with Crippen LogP contribution in [0.3, 0.4) is 0 Å². The van der Waals surface area contributed by atoms with Crippen LogP contribution in [0.4, 0.5) is 0 Å². The molecule has 1 amide bonds. The van der Waals surface area contributed by atoms with E-state index in [9.17, 15) is 9.59 Å². The van der Waals surface area contributed by atoms with Crippen LogP contribution in [0, 0.1) is 11.3 Å². The molecule has 0 fully saturated rings. The first-order valence-electron chi connectivity index (χ1n) is 12.1. The highest BCUT2D eigenvalue weighted by Gasteiger charge is 2.32. The molecule has 0 bridgehead atoms. The SMILES string of the molecule is CCOC(=O)C1=C(C)NC(=S)N[C@@H]1c1ccccc1OCC(=O)NN=Cc1ccc(OCC#N)c(OCC)c1. The summed E-state index contributed by atoms with van der Waals surface area (Å²) in [7, 11) is 0. The third-order valence-corrected chi connectivity index (χ3v) is 5.54. The van der Waals surface area contributed by atoms with Crippen LogP contribution >= 0.6 is 12.2 Å². The van der Waals surface area contributed by atoms with Gasteiger partial charge in [-0.3, -0.25) is 4.79 Å². The zero-order valence-electron chi connectivity index (χ0n) is 21.8. The van der Waals surface area contributed by atoms with Crippen molar-refractivity contribution in [1.29, 1.82) is 5.26 Å². The van der Waals surface area contributed by atoms with Crippen LogP contribution in [0.2, 0.25) is 0 Å². The summed E-state index contributed by atoms with van der Waals surface area (Å²) in [5.41, 5.74) is 4.62. The van der Waals surface area contributed by atoms with Crippen LogP contribution in [0.5, 0.6) is 17.2 Å². The second-order valence-electron chi connectivity index (χ2n) is 8.00. The average molecular weight is 552 g/mol. The highest BCUT2D eigenvalue weighted by atomic mass is 32.1. The summed E-state index contributed by atoms with van der Waals surface area (Å²) in [5, 5.41) is 19.1. The second kappa shape index (κ2) is 14.3. The van der Waals surface area contributed by atoms with Gasteiger partial charge in [0.05, 0.1) is 31.0 Å². The Morgan fingerprint density at radius 1 is 1.10 bits per heavy atom. The molecule has 0 radical (unpaired) electrons. The number of esters is 1. The number of hydrogen-bond donors (Lipinski definition) is 3. The van der Waals surface area contributed by atoms with Crippen molar-refractivity contribution in [2.75, 3.05) is 26.4 Å². The number of rotatable bonds is 12. The molecule has 1 heterocycles. The van der Waals surface area contributed by atoms with Crippen LogP contribution in [0.1, 0.15) is 37.9 Å². The molecular weight excluding hydrogens is 522 g/mol. The van der Waals surface area contributed by atoms with E-state index in [0.29, 0.717) is 51.4 Å². The highest BCUT2D eigenvalue weighted by molar-refractivity contribution is 7.80. The second-order valence-corrected chi connectivity index (χ2v) is 8.40. The first-order valence-corrected chi connectivity index (χ1v) is 12.5. The monoisotopic (exact) mass is 551 g/mol. The lowest BCUT2D eigenvalue weighted by Gasteiger charge is -2.30. The van der Waals surface area contributed by atoms with Crippen molar-refractivity contribution in [3.8, 4) is 23.3 Å². The molecule has 1 atom stereocenters. The number of nitrogens with zero attached hydrogens (tertiary/aromatic N) is 2. The predicted octanol–water partition coefficient (Wildman–Crippen LogP) is 2.87. The minimum atomic E-state index is -0.630. The van der Waals surface area contributed by atoms with E-state index in [1.165, 1.54) is 6.21 Å². The maximum absolute atomic E-state index is 12.7. The van der Waals surface area contributed by atoms with Gasteiger partial charge < -0.3 is 29.6 Å². The molecule has 3 N–H and O–H groups in total. The van der Waals surface area contributed by atoms with E-state index >= 15 is 0 Å². The van der Waals surface area contributed by atoms with Crippen LogP contribution in [-0.2, 0) is 14.3 Å². The number of nitriles is 1. The molecule has 204 valence electrons. The van der Waals surface area contributed by atoms with E-state index in [4.69, 9.17) is 36.4 Å². The molecule has 0 spiro atoms. The Morgan fingerprint density at radius 3 is 2.64 bits per heavy atom. The Bertz CT molecular complexity index is 1320. The van der Waals surface area contributed by atoms with Gasteiger partial charge in [-0.05, 0) is 62.8 Å². The van der Waals surface area contributed by atoms with Crippen molar-refractivity contribution in [1.82, 2.24) is 16.1 Å². The van der Waals surface area contributed by atoms with E-state index in [2.05, 4.69) is 21.2 Å². The number of nitrogens with one attached hydrogen (secondary N) is 3. The summed E-state index contributed by atoms with van der Waals surface area (Å²) < 4.78 is 21.9. The zero-order valence-corrected chi connectivity index (χ0v) is 22.6. The molecule has 0 aliphatic carbocycles. The number of amides is 1. The summed E-state index contributed by atoms with van der Waals surface area (Å²) in [4.78, 5) is 25.1. The van der Waals surface area contributed by atoms with Crippen molar-refractivity contribution in [3.63, 3.8) is 0 Å². The lowest BCUT2D eigenvalue weighted by molar-refractivity contribution is -0.139.